The van der Waals surface area contributed by atoms with E-state index in [-0.39, 0.29) is 4.88 Å². The summed E-state index contributed by atoms with van der Waals surface area (Å²) in [6.45, 7) is 0. The summed E-state index contributed by atoms with van der Waals surface area (Å²) in [7, 11) is 0. The Morgan fingerprint density at radius 1 is 1.62 bits per heavy atom. The van der Waals surface area contributed by atoms with Gasteiger partial charge in [0.05, 0.1) is 0 Å². The van der Waals surface area contributed by atoms with Gasteiger partial charge in [-0.25, -0.2) is 4.79 Å². The van der Waals surface area contributed by atoms with Crippen LogP contribution in [0.2, 0.25) is 0 Å². The normalized spacial score (nSPS) is 10.2. The SMILES string of the molecule is O=C(O)c1cc(-c2nn[nH]n2)cs1. The summed E-state index contributed by atoms with van der Waals surface area (Å²) in [5.41, 5.74) is 0.663. The number of aromatic nitrogens is 4. The van der Waals surface area contributed by atoms with Gasteiger partial charge in [0.15, 0.2) is 0 Å². The maximum atomic E-state index is 10.5. The lowest BCUT2D eigenvalue weighted by Crippen LogP contribution is -1.90. The average Bonchev–Trinajstić information content (AvgIpc) is 2.75. The zero-order valence-electron chi connectivity index (χ0n) is 6.26. The molecule has 0 amide bonds. The van der Waals surface area contributed by atoms with E-state index in [4.69, 9.17) is 5.11 Å². The summed E-state index contributed by atoms with van der Waals surface area (Å²) in [6, 6.07) is 1.51. The first-order valence-electron chi connectivity index (χ1n) is 3.33. The molecule has 0 aliphatic heterocycles. The van der Waals surface area contributed by atoms with Crippen molar-refractivity contribution >= 4 is 17.3 Å². The highest BCUT2D eigenvalue weighted by molar-refractivity contribution is 7.12. The number of tetrazole rings is 1. The number of nitrogens with zero attached hydrogens (tertiary/aromatic N) is 3. The highest BCUT2D eigenvalue weighted by Crippen LogP contribution is 2.21. The minimum atomic E-state index is -0.945. The van der Waals surface area contributed by atoms with Crippen LogP contribution in [0, 0.1) is 0 Å². The Labute approximate surface area is 76.2 Å². The Kier molecular flexibility index (Phi) is 1.78. The minimum Gasteiger partial charge on any atom is -0.477 e. The largest absolute Gasteiger partial charge is 0.477 e. The number of nitrogens with one attached hydrogen (secondary N) is 1. The average molecular weight is 196 g/mol. The van der Waals surface area contributed by atoms with Gasteiger partial charge >= 0.3 is 5.97 Å². The molecule has 66 valence electrons. The van der Waals surface area contributed by atoms with Gasteiger partial charge in [0.2, 0.25) is 5.82 Å². The Bertz CT molecular complexity index is 422. The van der Waals surface area contributed by atoms with Gasteiger partial charge in [-0.1, -0.05) is 0 Å². The molecule has 2 heterocycles. The standard InChI is InChI=1S/C6H4N4O2S/c11-6(12)4-1-3(2-13-4)5-7-9-10-8-5/h1-2H,(H,11,12)(H,7,8,9,10). The van der Waals surface area contributed by atoms with Crippen LogP contribution in [0.5, 0.6) is 0 Å². The molecule has 0 aliphatic rings. The van der Waals surface area contributed by atoms with Gasteiger partial charge < -0.3 is 5.11 Å². The number of rotatable bonds is 2. The molecule has 0 saturated heterocycles. The quantitative estimate of drug-likeness (QED) is 0.734. The van der Waals surface area contributed by atoms with Crippen LogP contribution < -0.4 is 0 Å². The first-order valence-corrected chi connectivity index (χ1v) is 4.21. The van der Waals surface area contributed by atoms with Crippen molar-refractivity contribution in [2.45, 2.75) is 0 Å². The van der Waals surface area contributed by atoms with Crippen molar-refractivity contribution in [1.82, 2.24) is 20.6 Å². The lowest BCUT2D eigenvalue weighted by Gasteiger charge is -1.83. The van der Waals surface area contributed by atoms with E-state index in [9.17, 15) is 4.79 Å². The molecule has 6 nitrogen and oxygen atoms in total. The molecule has 0 saturated carbocycles. The molecular weight excluding hydrogens is 192 g/mol. The summed E-state index contributed by atoms with van der Waals surface area (Å²) < 4.78 is 0. The van der Waals surface area contributed by atoms with Crippen LogP contribution in [-0.2, 0) is 0 Å². The van der Waals surface area contributed by atoms with Gasteiger partial charge in [-0.15, -0.1) is 21.5 Å². The predicted molar refractivity (Wildman–Crippen MR) is 44.5 cm³/mol. The van der Waals surface area contributed by atoms with E-state index in [1.165, 1.54) is 6.07 Å². The number of aromatic amines is 1. The smallest absolute Gasteiger partial charge is 0.345 e. The van der Waals surface area contributed by atoms with E-state index in [0.29, 0.717) is 11.4 Å². The summed E-state index contributed by atoms with van der Waals surface area (Å²) in [5.74, 6) is -0.538. The summed E-state index contributed by atoms with van der Waals surface area (Å²) in [6.07, 6.45) is 0. The maximum absolute atomic E-state index is 10.5. The fourth-order valence-corrected chi connectivity index (χ4v) is 1.57. The van der Waals surface area contributed by atoms with E-state index >= 15 is 0 Å². The lowest BCUT2D eigenvalue weighted by molar-refractivity contribution is 0.0702. The second-order valence-electron chi connectivity index (χ2n) is 2.24. The molecule has 0 radical (unpaired) electrons. The number of carboxylic acids is 1. The van der Waals surface area contributed by atoms with Gasteiger partial charge in [-0.2, -0.15) is 5.21 Å². The first-order chi connectivity index (χ1) is 6.27. The highest BCUT2D eigenvalue weighted by atomic mass is 32.1. The topological polar surface area (TPSA) is 91.8 Å². The van der Waals surface area contributed by atoms with Crippen molar-refractivity contribution in [1.29, 1.82) is 0 Å². The maximum Gasteiger partial charge on any atom is 0.345 e. The number of thiophene rings is 1. The molecule has 2 N–H and O–H groups in total. The molecule has 7 heteroatoms. The van der Waals surface area contributed by atoms with Gasteiger partial charge in [-0.05, 0) is 11.3 Å². The third-order valence-corrected chi connectivity index (χ3v) is 2.33. The fourth-order valence-electron chi connectivity index (χ4n) is 0.850. The van der Waals surface area contributed by atoms with Crippen LogP contribution in [-0.4, -0.2) is 31.7 Å². The fraction of sp³-hybridized carbons (Fsp3) is 0. The summed E-state index contributed by atoms with van der Waals surface area (Å²) in [5, 5.41) is 23.4. The Morgan fingerprint density at radius 2 is 2.46 bits per heavy atom. The molecule has 0 aromatic carbocycles. The molecule has 0 fully saturated rings. The zero-order valence-corrected chi connectivity index (χ0v) is 7.08. The number of hydrogen-bond donors (Lipinski definition) is 2. The van der Waals surface area contributed by atoms with Crippen LogP contribution in [0.15, 0.2) is 11.4 Å². The Hall–Kier alpha value is -1.76. The van der Waals surface area contributed by atoms with E-state index in [2.05, 4.69) is 20.6 Å². The van der Waals surface area contributed by atoms with Gasteiger partial charge in [0.25, 0.3) is 0 Å². The van der Waals surface area contributed by atoms with Gasteiger partial charge in [0, 0.05) is 10.9 Å². The van der Waals surface area contributed by atoms with Crippen molar-refractivity contribution in [2.75, 3.05) is 0 Å². The molecule has 0 unspecified atom stereocenters. The number of hydrogen-bond acceptors (Lipinski definition) is 5. The Morgan fingerprint density at radius 3 is 3.00 bits per heavy atom. The second-order valence-corrected chi connectivity index (χ2v) is 3.15. The molecule has 2 rings (SSSR count). The molecule has 0 bridgehead atoms. The van der Waals surface area contributed by atoms with Crippen LogP contribution >= 0.6 is 11.3 Å². The number of carboxylic acid groups (broad SMARTS) is 1. The number of aromatic carboxylic acids is 1. The van der Waals surface area contributed by atoms with Crippen LogP contribution in [0.3, 0.4) is 0 Å². The minimum absolute atomic E-state index is 0.264. The molecule has 2 aromatic heterocycles. The number of H-pyrrole nitrogens is 1. The molecule has 0 atom stereocenters. The van der Waals surface area contributed by atoms with Crippen molar-refractivity contribution in [3.63, 3.8) is 0 Å². The highest BCUT2D eigenvalue weighted by Gasteiger charge is 2.10. The molecule has 13 heavy (non-hydrogen) atoms. The van der Waals surface area contributed by atoms with Gasteiger partial charge in [0.1, 0.15) is 4.88 Å². The van der Waals surface area contributed by atoms with E-state index in [1.807, 2.05) is 0 Å². The van der Waals surface area contributed by atoms with Crippen molar-refractivity contribution in [2.24, 2.45) is 0 Å². The third-order valence-electron chi connectivity index (χ3n) is 1.41. The third kappa shape index (κ3) is 1.41. The first kappa shape index (κ1) is 7.87. The van der Waals surface area contributed by atoms with Gasteiger partial charge in [-0.3, -0.25) is 0 Å². The van der Waals surface area contributed by atoms with Crippen LogP contribution in [0.25, 0.3) is 11.4 Å². The summed E-state index contributed by atoms with van der Waals surface area (Å²) >= 11 is 1.13. The second kappa shape index (κ2) is 2.94. The van der Waals surface area contributed by atoms with Crippen molar-refractivity contribution < 1.29 is 9.90 Å². The van der Waals surface area contributed by atoms with Crippen molar-refractivity contribution in [3.05, 3.63) is 16.3 Å². The van der Waals surface area contributed by atoms with Crippen LogP contribution in [0.1, 0.15) is 9.67 Å². The van der Waals surface area contributed by atoms with E-state index < -0.39 is 5.97 Å². The molecule has 0 aliphatic carbocycles. The van der Waals surface area contributed by atoms with E-state index in [1.54, 1.807) is 5.38 Å². The predicted octanol–water partition coefficient (Wildman–Crippen LogP) is 0.626. The van der Waals surface area contributed by atoms with Crippen molar-refractivity contribution in [3.8, 4) is 11.4 Å². The Balaban J connectivity index is 2.39. The molecular formula is C6H4N4O2S. The molecule has 0 spiro atoms. The van der Waals surface area contributed by atoms with E-state index in [0.717, 1.165) is 11.3 Å². The number of carbonyl (C=O) groups is 1. The zero-order chi connectivity index (χ0) is 9.26. The lowest BCUT2D eigenvalue weighted by atomic mass is 10.3. The summed E-state index contributed by atoms with van der Waals surface area (Å²) in [4.78, 5) is 10.8. The van der Waals surface area contributed by atoms with Crippen LogP contribution in [0.4, 0.5) is 0 Å². The molecule has 2 aromatic rings. The monoisotopic (exact) mass is 196 g/mol.